The summed E-state index contributed by atoms with van der Waals surface area (Å²) in [6, 6.07) is 1.79. The highest BCUT2D eigenvalue weighted by Crippen LogP contribution is 2.32. The Labute approximate surface area is 109 Å². The van der Waals surface area contributed by atoms with Gasteiger partial charge >= 0.3 is 0 Å². The van der Waals surface area contributed by atoms with Crippen LogP contribution in [0.25, 0.3) is 0 Å². The van der Waals surface area contributed by atoms with Crippen molar-refractivity contribution in [2.24, 2.45) is 0 Å². The Morgan fingerprint density at radius 3 is 2.89 bits per heavy atom. The maximum Gasteiger partial charge on any atom is 0.241 e. The molecule has 0 saturated carbocycles. The number of hydrogen-bond acceptors (Lipinski definition) is 7. The maximum atomic E-state index is 5.96. The first-order chi connectivity index (χ1) is 8.81. The van der Waals surface area contributed by atoms with Crippen molar-refractivity contribution in [2.75, 3.05) is 12.3 Å². The van der Waals surface area contributed by atoms with E-state index in [1.54, 1.807) is 12.3 Å². The van der Waals surface area contributed by atoms with Crippen LogP contribution in [0.3, 0.4) is 0 Å². The molecule has 0 aliphatic heterocycles. The van der Waals surface area contributed by atoms with E-state index in [9.17, 15) is 0 Å². The first-order valence-corrected chi connectivity index (χ1v) is 6.30. The second kappa shape index (κ2) is 6.15. The van der Waals surface area contributed by atoms with Crippen LogP contribution in [0.15, 0.2) is 35.0 Å². The number of hydrogen-bond donors (Lipinski definition) is 1. The summed E-state index contributed by atoms with van der Waals surface area (Å²) >= 11 is 1.35. The highest BCUT2D eigenvalue weighted by atomic mass is 32.2. The van der Waals surface area contributed by atoms with Crippen molar-refractivity contribution in [2.45, 2.75) is 23.4 Å². The topological polar surface area (TPSA) is 86.8 Å². The van der Waals surface area contributed by atoms with Crippen molar-refractivity contribution < 1.29 is 4.74 Å². The molecule has 94 valence electrons. The Bertz CT molecular complexity index is 508. The van der Waals surface area contributed by atoms with Crippen molar-refractivity contribution in [1.29, 1.82) is 0 Å². The van der Waals surface area contributed by atoms with E-state index in [0.717, 1.165) is 11.4 Å². The summed E-state index contributed by atoms with van der Waals surface area (Å²) in [4.78, 5) is 16.1. The lowest BCUT2D eigenvalue weighted by molar-refractivity contribution is 0.305. The number of nitrogens with two attached hydrogens (primary N) is 1. The molecule has 0 aromatic carbocycles. The van der Waals surface area contributed by atoms with Gasteiger partial charge in [-0.05, 0) is 24.2 Å². The third-order valence-corrected chi connectivity index (χ3v) is 2.98. The minimum atomic E-state index is 0.420. The molecule has 0 bridgehead atoms. The van der Waals surface area contributed by atoms with Gasteiger partial charge < -0.3 is 10.5 Å². The summed E-state index contributed by atoms with van der Waals surface area (Å²) in [6.07, 6.45) is 5.48. The second-order valence-corrected chi connectivity index (χ2v) is 4.40. The molecule has 2 aromatic heterocycles. The number of nitrogen functional groups attached to an aromatic ring is 1. The molecule has 0 unspecified atom stereocenters. The Hall–Kier alpha value is -1.89. The van der Waals surface area contributed by atoms with E-state index in [2.05, 4.69) is 19.9 Å². The molecule has 0 radical (unpaired) electrons. The molecule has 2 aromatic rings. The lowest BCUT2D eigenvalue weighted by Gasteiger charge is -2.08. The van der Waals surface area contributed by atoms with Crippen molar-refractivity contribution in [3.8, 4) is 5.88 Å². The monoisotopic (exact) mass is 263 g/mol. The van der Waals surface area contributed by atoms with E-state index in [1.807, 2.05) is 6.92 Å². The molecular weight excluding hydrogens is 250 g/mol. The van der Waals surface area contributed by atoms with Crippen LogP contribution >= 0.6 is 11.8 Å². The average molecular weight is 263 g/mol. The van der Waals surface area contributed by atoms with Crippen LogP contribution in [0.1, 0.15) is 13.3 Å². The van der Waals surface area contributed by atoms with E-state index in [-0.39, 0.29) is 0 Å². The summed E-state index contributed by atoms with van der Waals surface area (Å²) in [6.45, 7) is 2.60. The van der Waals surface area contributed by atoms with Crippen molar-refractivity contribution in [1.82, 2.24) is 19.9 Å². The predicted octanol–water partition coefficient (Wildman–Crippen LogP) is 1.79. The van der Waals surface area contributed by atoms with Gasteiger partial charge in [-0.15, -0.1) is 0 Å². The standard InChI is InChI=1S/C11H13N5OS/c1-2-5-17-10-9(12)11(16-7-15-10)18-8-3-4-13-6-14-8/h3-4,6-7H,2,5,12H2,1H3. The number of anilines is 1. The van der Waals surface area contributed by atoms with E-state index in [0.29, 0.717) is 23.2 Å². The molecule has 0 amide bonds. The fourth-order valence-electron chi connectivity index (χ4n) is 1.20. The van der Waals surface area contributed by atoms with Crippen LogP contribution in [0.5, 0.6) is 5.88 Å². The first kappa shape index (κ1) is 12.6. The van der Waals surface area contributed by atoms with E-state index in [4.69, 9.17) is 10.5 Å². The zero-order valence-electron chi connectivity index (χ0n) is 9.91. The van der Waals surface area contributed by atoms with E-state index >= 15 is 0 Å². The quantitative estimate of drug-likeness (QED) is 0.823. The third-order valence-electron chi connectivity index (χ3n) is 2.01. The Morgan fingerprint density at radius 1 is 1.28 bits per heavy atom. The molecule has 2 rings (SSSR count). The highest BCUT2D eigenvalue weighted by molar-refractivity contribution is 7.99. The number of rotatable bonds is 5. The van der Waals surface area contributed by atoms with Gasteiger partial charge in [0.25, 0.3) is 0 Å². The summed E-state index contributed by atoms with van der Waals surface area (Å²) in [5, 5.41) is 1.41. The van der Waals surface area contributed by atoms with Crippen LogP contribution < -0.4 is 10.5 Å². The smallest absolute Gasteiger partial charge is 0.241 e. The molecule has 0 saturated heterocycles. The van der Waals surface area contributed by atoms with Gasteiger partial charge in [0.1, 0.15) is 28.4 Å². The molecule has 6 nitrogen and oxygen atoms in total. The number of nitrogens with zero attached hydrogens (tertiary/aromatic N) is 4. The molecular formula is C11H13N5OS. The second-order valence-electron chi connectivity index (χ2n) is 3.40. The van der Waals surface area contributed by atoms with Gasteiger partial charge in [0.05, 0.1) is 6.61 Å². The van der Waals surface area contributed by atoms with Gasteiger partial charge in [-0.2, -0.15) is 4.98 Å². The number of aromatic nitrogens is 4. The van der Waals surface area contributed by atoms with Crippen LogP contribution in [-0.4, -0.2) is 26.5 Å². The lowest BCUT2D eigenvalue weighted by atomic mass is 10.5. The largest absolute Gasteiger partial charge is 0.476 e. The molecule has 18 heavy (non-hydrogen) atoms. The fourth-order valence-corrected chi connectivity index (χ4v) is 1.92. The van der Waals surface area contributed by atoms with Crippen LogP contribution in [-0.2, 0) is 0 Å². The highest BCUT2D eigenvalue weighted by Gasteiger charge is 2.10. The summed E-state index contributed by atoms with van der Waals surface area (Å²) in [5.74, 6) is 0.420. The Balaban J connectivity index is 2.18. The minimum absolute atomic E-state index is 0.420. The van der Waals surface area contributed by atoms with Crippen molar-refractivity contribution in [3.63, 3.8) is 0 Å². The third kappa shape index (κ3) is 3.07. The average Bonchev–Trinajstić information content (AvgIpc) is 2.41. The van der Waals surface area contributed by atoms with Crippen LogP contribution in [0, 0.1) is 0 Å². The van der Waals surface area contributed by atoms with Gasteiger partial charge in [-0.3, -0.25) is 0 Å². The lowest BCUT2D eigenvalue weighted by Crippen LogP contribution is -2.03. The van der Waals surface area contributed by atoms with Gasteiger partial charge in [0.15, 0.2) is 0 Å². The summed E-state index contributed by atoms with van der Waals surface area (Å²) in [5.41, 5.74) is 6.40. The van der Waals surface area contributed by atoms with E-state index < -0.39 is 0 Å². The van der Waals surface area contributed by atoms with Gasteiger partial charge in [-0.1, -0.05) is 6.92 Å². The minimum Gasteiger partial charge on any atom is -0.476 e. The first-order valence-electron chi connectivity index (χ1n) is 5.48. The number of ether oxygens (including phenoxy) is 1. The fraction of sp³-hybridized carbons (Fsp3) is 0.273. The normalized spacial score (nSPS) is 10.3. The Morgan fingerprint density at radius 2 is 2.17 bits per heavy atom. The SMILES string of the molecule is CCCOc1ncnc(Sc2ccncn2)c1N. The molecule has 7 heteroatoms. The summed E-state index contributed by atoms with van der Waals surface area (Å²) in [7, 11) is 0. The molecule has 0 aliphatic rings. The molecule has 0 atom stereocenters. The zero-order chi connectivity index (χ0) is 12.8. The van der Waals surface area contributed by atoms with Gasteiger partial charge in [-0.25, -0.2) is 15.0 Å². The summed E-state index contributed by atoms with van der Waals surface area (Å²) < 4.78 is 5.44. The van der Waals surface area contributed by atoms with Crippen LogP contribution in [0.4, 0.5) is 5.69 Å². The predicted molar refractivity (Wildman–Crippen MR) is 68.4 cm³/mol. The van der Waals surface area contributed by atoms with Crippen molar-refractivity contribution >= 4 is 17.4 Å². The van der Waals surface area contributed by atoms with Gasteiger partial charge in [0, 0.05) is 6.20 Å². The molecule has 0 spiro atoms. The van der Waals surface area contributed by atoms with E-state index in [1.165, 1.54) is 24.4 Å². The van der Waals surface area contributed by atoms with Crippen LogP contribution in [0.2, 0.25) is 0 Å². The zero-order valence-corrected chi connectivity index (χ0v) is 10.7. The Kier molecular flexibility index (Phi) is 4.30. The molecule has 0 fully saturated rings. The molecule has 0 aliphatic carbocycles. The molecule has 2 heterocycles. The maximum absolute atomic E-state index is 5.96. The van der Waals surface area contributed by atoms with Crippen molar-refractivity contribution in [3.05, 3.63) is 24.9 Å². The molecule has 2 N–H and O–H groups in total. The van der Waals surface area contributed by atoms with Gasteiger partial charge in [0.2, 0.25) is 5.88 Å².